The molecular weight excluding hydrogens is 628 g/mol. The van der Waals surface area contributed by atoms with Crippen molar-refractivity contribution in [3.8, 4) is 0 Å². The van der Waals surface area contributed by atoms with Crippen LogP contribution in [-0.4, -0.2) is 63.8 Å². The van der Waals surface area contributed by atoms with E-state index in [-0.39, 0.29) is 28.8 Å². The number of amides is 3. The first-order valence-corrected chi connectivity index (χ1v) is 15.5. The topological polar surface area (TPSA) is 144 Å². The molecule has 2 atom stereocenters. The third kappa shape index (κ3) is 6.54. The Hall–Kier alpha value is -4.46. The number of hydrogen-bond acceptors (Lipinski definition) is 10. The fourth-order valence-electron chi connectivity index (χ4n) is 4.67. The van der Waals surface area contributed by atoms with Gasteiger partial charge in [0.2, 0.25) is 6.41 Å². The van der Waals surface area contributed by atoms with E-state index in [1.54, 1.807) is 0 Å². The Balaban J connectivity index is 1.39. The zero-order chi connectivity index (χ0) is 31.2. The number of carbonyl (C=O) groups is 5. The molecule has 0 unspecified atom stereocenters. The number of thioether (sulfide) groups is 1. The third-order valence-electron chi connectivity index (χ3n) is 6.71. The maximum absolute atomic E-state index is 13.9. The molecule has 226 valence electrons. The van der Waals surface area contributed by atoms with Gasteiger partial charge >= 0.3 is 11.9 Å². The number of thiazole rings is 1. The predicted octanol–water partition coefficient (Wildman–Crippen LogP) is 3.84. The van der Waals surface area contributed by atoms with Gasteiger partial charge in [0.05, 0.1) is 10.5 Å². The van der Waals surface area contributed by atoms with E-state index in [1.807, 2.05) is 60.7 Å². The van der Waals surface area contributed by atoms with Crippen molar-refractivity contribution in [3.05, 3.63) is 99.7 Å². The number of β-lactam (4-membered cyclic amide) rings is 1. The lowest BCUT2D eigenvalue weighted by Crippen LogP contribution is -2.70. The first-order chi connectivity index (χ1) is 21.3. The van der Waals surface area contributed by atoms with Gasteiger partial charge in [-0.2, -0.15) is 0 Å². The lowest BCUT2D eigenvalue weighted by atomic mass is 10.0. The van der Waals surface area contributed by atoms with Crippen molar-refractivity contribution in [2.45, 2.75) is 24.4 Å². The van der Waals surface area contributed by atoms with Crippen molar-refractivity contribution in [1.82, 2.24) is 15.2 Å². The molecule has 2 N–H and O–H groups in total. The van der Waals surface area contributed by atoms with Gasteiger partial charge in [-0.25, -0.2) is 9.78 Å². The third-order valence-corrected chi connectivity index (χ3v) is 9.23. The average molecular weight is 653 g/mol. The summed E-state index contributed by atoms with van der Waals surface area (Å²) in [7, 11) is 0. The Labute approximate surface area is 265 Å². The maximum atomic E-state index is 13.9. The van der Waals surface area contributed by atoms with Crippen LogP contribution in [-0.2, 0) is 33.4 Å². The highest BCUT2D eigenvalue weighted by Gasteiger charge is 2.55. The number of rotatable bonds is 11. The van der Waals surface area contributed by atoms with E-state index in [1.165, 1.54) is 29.8 Å². The van der Waals surface area contributed by atoms with Crippen LogP contribution in [0, 0.1) is 0 Å². The van der Waals surface area contributed by atoms with Gasteiger partial charge in [-0.1, -0.05) is 83.6 Å². The molecule has 3 amide bonds. The van der Waals surface area contributed by atoms with E-state index >= 15 is 0 Å². The summed E-state index contributed by atoms with van der Waals surface area (Å²) in [5, 5.41) is 4.74. The van der Waals surface area contributed by atoms with Gasteiger partial charge in [0.15, 0.2) is 11.2 Å². The Morgan fingerprint density at radius 2 is 1.77 bits per heavy atom. The number of esters is 2. The summed E-state index contributed by atoms with van der Waals surface area (Å²) in [5.41, 5.74) is 2.95. The molecule has 3 aromatic rings. The first-order valence-electron chi connectivity index (χ1n) is 13.2. The number of ether oxygens (including phenoxy) is 2. The second-order valence-electron chi connectivity index (χ2n) is 9.51. The van der Waals surface area contributed by atoms with Crippen molar-refractivity contribution in [1.29, 1.82) is 0 Å². The molecule has 0 aliphatic carbocycles. The van der Waals surface area contributed by atoms with E-state index < -0.39 is 41.3 Å². The average Bonchev–Trinajstić information content (AvgIpc) is 3.50. The second-order valence-corrected chi connectivity index (χ2v) is 11.9. The van der Waals surface area contributed by atoms with E-state index in [0.717, 1.165) is 28.0 Å². The Kier molecular flexibility index (Phi) is 9.78. The molecular formula is C30H25ClN4O7S2. The number of aromatic nitrogens is 1. The molecule has 0 saturated carbocycles. The molecule has 1 saturated heterocycles. The second kappa shape index (κ2) is 13.9. The molecule has 3 heterocycles. The quantitative estimate of drug-likeness (QED) is 0.137. The van der Waals surface area contributed by atoms with Gasteiger partial charge in [-0.15, -0.1) is 11.8 Å². The van der Waals surface area contributed by atoms with Gasteiger partial charge in [-0.3, -0.25) is 24.1 Å². The van der Waals surface area contributed by atoms with Crippen molar-refractivity contribution in [2.75, 3.05) is 17.7 Å². The fraction of sp³-hybridized carbons (Fsp3) is 0.200. The van der Waals surface area contributed by atoms with Crippen LogP contribution < -0.4 is 10.6 Å². The van der Waals surface area contributed by atoms with E-state index in [4.69, 9.17) is 21.1 Å². The summed E-state index contributed by atoms with van der Waals surface area (Å²) in [4.78, 5) is 68.6. The van der Waals surface area contributed by atoms with Crippen LogP contribution in [0.1, 0.15) is 29.0 Å². The maximum Gasteiger partial charge on any atom is 0.356 e. The van der Waals surface area contributed by atoms with E-state index in [2.05, 4.69) is 15.6 Å². The smallest absolute Gasteiger partial charge is 0.356 e. The minimum absolute atomic E-state index is 0.0255. The van der Waals surface area contributed by atoms with Gasteiger partial charge in [0.1, 0.15) is 23.7 Å². The van der Waals surface area contributed by atoms with E-state index in [9.17, 15) is 24.0 Å². The fourth-order valence-corrected chi connectivity index (χ4v) is 7.06. The lowest BCUT2D eigenvalue weighted by Gasteiger charge is -2.49. The van der Waals surface area contributed by atoms with Crippen LogP contribution in [0.2, 0.25) is 0 Å². The molecule has 0 spiro atoms. The van der Waals surface area contributed by atoms with Crippen molar-refractivity contribution >= 4 is 75.6 Å². The van der Waals surface area contributed by atoms with Crippen molar-refractivity contribution in [3.63, 3.8) is 0 Å². The SMILES string of the molecule is CC(=O)OCC1=C(C(=O)OC(c2ccccc2)c2ccccc2)N2C(=O)[C@@H](NC(=O)C(=CCl)c3cnc(NC=O)s3)[C@H]2SC1. The van der Waals surface area contributed by atoms with Crippen LogP contribution in [0.3, 0.4) is 0 Å². The zero-order valence-electron chi connectivity index (χ0n) is 23.1. The number of fused-ring (bicyclic) bond motifs is 1. The normalized spacial score (nSPS) is 17.8. The summed E-state index contributed by atoms with van der Waals surface area (Å²) in [6.45, 7) is 1.05. The largest absolute Gasteiger partial charge is 0.461 e. The number of anilines is 1. The molecule has 11 nitrogen and oxygen atoms in total. The predicted molar refractivity (Wildman–Crippen MR) is 165 cm³/mol. The van der Waals surface area contributed by atoms with Crippen LogP contribution in [0.15, 0.2) is 83.7 Å². The first kappa shape index (κ1) is 31.0. The van der Waals surface area contributed by atoms with Crippen LogP contribution in [0.25, 0.3) is 5.57 Å². The molecule has 0 bridgehead atoms. The van der Waals surface area contributed by atoms with Crippen LogP contribution in [0.5, 0.6) is 0 Å². The Bertz CT molecular complexity index is 1610. The van der Waals surface area contributed by atoms with Crippen molar-refractivity contribution < 1.29 is 33.4 Å². The lowest BCUT2D eigenvalue weighted by molar-refractivity contribution is -0.154. The molecule has 0 radical (unpaired) electrons. The molecule has 2 aliphatic rings. The molecule has 1 fully saturated rings. The zero-order valence-corrected chi connectivity index (χ0v) is 25.5. The highest BCUT2D eigenvalue weighted by molar-refractivity contribution is 8.00. The molecule has 2 aliphatic heterocycles. The molecule has 5 rings (SSSR count). The van der Waals surface area contributed by atoms with E-state index in [0.29, 0.717) is 16.9 Å². The minimum atomic E-state index is -0.975. The van der Waals surface area contributed by atoms with Crippen LogP contribution in [0.4, 0.5) is 5.13 Å². The molecule has 44 heavy (non-hydrogen) atoms. The molecule has 14 heteroatoms. The minimum Gasteiger partial charge on any atom is -0.461 e. The summed E-state index contributed by atoms with van der Waals surface area (Å²) in [6.07, 6.45) is 1.06. The molecule has 1 aromatic heterocycles. The van der Waals surface area contributed by atoms with Crippen molar-refractivity contribution in [2.24, 2.45) is 0 Å². The van der Waals surface area contributed by atoms with Gasteiger partial charge in [-0.05, 0) is 11.1 Å². The summed E-state index contributed by atoms with van der Waals surface area (Å²) in [6, 6.07) is 17.4. The van der Waals surface area contributed by atoms with Gasteiger partial charge in [0, 0.05) is 30.0 Å². The number of hydrogen-bond donors (Lipinski definition) is 2. The standard InChI is InChI=1S/C30H25ClN4O7S2/c1-17(37)41-14-20-15-43-28-23(34-26(38)21(12-31)22-13-32-30(44-22)33-16-36)27(39)35(28)24(20)29(40)42-25(18-8-4-2-5-9-18)19-10-6-3-7-11-19/h2-13,16,23,25,28H,14-15H2,1H3,(H,34,38)(H,32,33,36)/t23-,28-/m1/s1. The molecule has 2 aromatic carbocycles. The van der Waals surface area contributed by atoms with Gasteiger partial charge in [0.25, 0.3) is 11.8 Å². The summed E-state index contributed by atoms with van der Waals surface area (Å²) >= 11 is 8.29. The summed E-state index contributed by atoms with van der Waals surface area (Å²) in [5.74, 6) is -2.24. The highest BCUT2D eigenvalue weighted by Crippen LogP contribution is 2.42. The highest BCUT2D eigenvalue weighted by atomic mass is 35.5. The monoisotopic (exact) mass is 652 g/mol. The Morgan fingerprint density at radius 3 is 2.36 bits per heavy atom. The van der Waals surface area contributed by atoms with Crippen LogP contribution >= 0.6 is 34.7 Å². The number of nitrogens with zero attached hydrogens (tertiary/aromatic N) is 2. The number of halogens is 1. The number of benzene rings is 2. The number of carbonyl (C=O) groups excluding carboxylic acids is 5. The Morgan fingerprint density at radius 1 is 1.11 bits per heavy atom. The van der Waals surface area contributed by atoms with Gasteiger partial charge < -0.3 is 20.1 Å². The summed E-state index contributed by atoms with van der Waals surface area (Å²) < 4.78 is 11.3. The number of nitrogens with one attached hydrogen (secondary N) is 2.